The van der Waals surface area contributed by atoms with Crippen molar-refractivity contribution in [3.05, 3.63) is 90.4 Å². The van der Waals surface area contributed by atoms with Crippen molar-refractivity contribution in [1.29, 1.82) is 0 Å². The van der Waals surface area contributed by atoms with Gasteiger partial charge in [-0.2, -0.15) is 0 Å². The van der Waals surface area contributed by atoms with E-state index in [4.69, 9.17) is 15.1 Å². The Hall–Kier alpha value is -6.04. The summed E-state index contributed by atoms with van der Waals surface area (Å²) in [4.78, 5) is 50.5. The lowest BCUT2D eigenvalue weighted by Gasteiger charge is -2.19. The molecule has 0 saturated carbocycles. The fourth-order valence-corrected chi connectivity index (χ4v) is 7.08. The summed E-state index contributed by atoms with van der Waals surface area (Å²) in [6, 6.07) is 21.8. The number of hydrogen-bond donors (Lipinski definition) is 4. The lowest BCUT2D eigenvalue weighted by atomic mass is 10.0. The van der Waals surface area contributed by atoms with Gasteiger partial charge in [-0.05, 0) is 73.4 Å². The number of carboxylic acid groups (broad SMARTS) is 1. The second-order valence-electron chi connectivity index (χ2n) is 13.6. The van der Waals surface area contributed by atoms with Gasteiger partial charge in [-0.25, -0.2) is 19.7 Å². The van der Waals surface area contributed by atoms with Crippen LogP contribution in [-0.2, 0) is 18.3 Å². The van der Waals surface area contributed by atoms with E-state index in [-0.39, 0.29) is 11.8 Å². The van der Waals surface area contributed by atoms with Gasteiger partial charge in [0, 0.05) is 54.4 Å². The molecule has 0 unspecified atom stereocenters. The molecule has 272 valence electrons. The molecule has 0 aliphatic carbocycles. The van der Waals surface area contributed by atoms with Gasteiger partial charge < -0.3 is 25.6 Å². The summed E-state index contributed by atoms with van der Waals surface area (Å²) in [7, 11) is 1.95. The molecule has 3 aromatic carbocycles. The summed E-state index contributed by atoms with van der Waals surface area (Å²) in [6.07, 6.45) is 12.0. The quantitative estimate of drug-likeness (QED) is 0.0797. The Morgan fingerprint density at radius 3 is 2.34 bits per heavy atom. The Labute approximate surface area is 307 Å². The fourth-order valence-electron chi connectivity index (χ4n) is 7.08. The van der Waals surface area contributed by atoms with Crippen LogP contribution in [0, 0.1) is 0 Å². The summed E-state index contributed by atoms with van der Waals surface area (Å²) < 4.78 is 4.08. The molecule has 1 aliphatic rings. The molecule has 3 aromatic heterocycles. The molecule has 0 radical (unpaired) electrons. The minimum atomic E-state index is -0.964. The lowest BCUT2D eigenvalue weighted by Crippen LogP contribution is -2.24. The Morgan fingerprint density at radius 2 is 1.58 bits per heavy atom. The van der Waals surface area contributed by atoms with Crippen LogP contribution in [0.2, 0.25) is 0 Å². The van der Waals surface area contributed by atoms with Crippen LogP contribution < -0.4 is 16.0 Å². The highest BCUT2D eigenvalue weighted by atomic mass is 16.4. The summed E-state index contributed by atoms with van der Waals surface area (Å²) in [5, 5.41) is 18.1. The van der Waals surface area contributed by atoms with E-state index in [9.17, 15) is 14.4 Å². The Bertz CT molecular complexity index is 2290. The molecule has 4 N–H and O–H groups in total. The maximum atomic E-state index is 13.4. The topological polar surface area (TPSA) is 156 Å². The van der Waals surface area contributed by atoms with Gasteiger partial charge in [-0.15, -0.1) is 0 Å². The number of unbranched alkanes of at least 4 members (excludes halogenated alkanes) is 7. The summed E-state index contributed by atoms with van der Waals surface area (Å²) >= 11 is 0. The number of para-hydroxylation sites is 1. The molecule has 6 aromatic rings. The van der Waals surface area contributed by atoms with E-state index in [1.165, 1.54) is 0 Å². The number of nitrogens with zero attached hydrogens (tertiary/aromatic N) is 5. The summed E-state index contributed by atoms with van der Waals surface area (Å²) in [6.45, 7) is 1.11. The smallest absolute Gasteiger partial charge is 0.404 e. The molecule has 0 saturated heterocycles. The van der Waals surface area contributed by atoms with Crippen molar-refractivity contribution < 1.29 is 19.5 Å². The number of hydrogen-bond acceptors (Lipinski definition) is 6. The van der Waals surface area contributed by atoms with E-state index < -0.39 is 6.09 Å². The maximum Gasteiger partial charge on any atom is 0.404 e. The Kier molecular flexibility index (Phi) is 10.7. The van der Waals surface area contributed by atoms with Crippen LogP contribution >= 0.6 is 0 Å². The Balaban J connectivity index is 1.13. The highest BCUT2D eigenvalue weighted by molar-refractivity contribution is 6.01. The molecule has 12 nitrogen and oxygen atoms in total. The molecular formula is C41H44N8O4. The second-order valence-corrected chi connectivity index (χ2v) is 13.6. The van der Waals surface area contributed by atoms with Gasteiger partial charge in [0.15, 0.2) is 0 Å². The zero-order chi connectivity index (χ0) is 36.7. The number of carbonyl (C=O) groups excluding carboxylic acids is 2. The van der Waals surface area contributed by atoms with Crippen LogP contribution in [0.15, 0.2) is 79.3 Å². The van der Waals surface area contributed by atoms with Crippen LogP contribution in [0.25, 0.3) is 50.4 Å². The predicted molar refractivity (Wildman–Crippen MR) is 206 cm³/mol. The molecule has 4 heterocycles. The largest absolute Gasteiger partial charge is 0.465 e. The van der Waals surface area contributed by atoms with Gasteiger partial charge in [0.25, 0.3) is 5.91 Å². The molecule has 53 heavy (non-hydrogen) atoms. The number of imidazole rings is 2. The molecule has 12 heteroatoms. The number of amides is 3. The zero-order valence-corrected chi connectivity index (χ0v) is 29.9. The lowest BCUT2D eigenvalue weighted by molar-refractivity contribution is -0.116. The number of carbonyl (C=O) groups is 3. The van der Waals surface area contributed by atoms with Crippen LogP contribution in [0.1, 0.15) is 73.7 Å². The highest BCUT2D eigenvalue weighted by Crippen LogP contribution is 2.37. The molecule has 3 amide bonds. The first kappa shape index (κ1) is 35.4. The summed E-state index contributed by atoms with van der Waals surface area (Å²) in [5.74, 6) is 0.610. The first-order chi connectivity index (χ1) is 25.9. The van der Waals surface area contributed by atoms with Crippen molar-refractivity contribution in [1.82, 2.24) is 34.7 Å². The number of anilines is 1. The number of rotatable bonds is 15. The number of nitrogens with one attached hydrogen (secondary N) is 3. The third-order valence-corrected chi connectivity index (χ3v) is 9.86. The normalized spacial score (nSPS) is 12.5. The monoisotopic (exact) mass is 712 g/mol. The highest BCUT2D eigenvalue weighted by Gasteiger charge is 2.22. The van der Waals surface area contributed by atoms with E-state index in [1.807, 2.05) is 60.1 Å². The van der Waals surface area contributed by atoms with Crippen molar-refractivity contribution >= 4 is 45.5 Å². The average Bonchev–Trinajstić information content (AvgIpc) is 3.77. The van der Waals surface area contributed by atoms with E-state index in [1.54, 1.807) is 12.5 Å². The maximum absolute atomic E-state index is 13.4. The average molecular weight is 713 g/mol. The van der Waals surface area contributed by atoms with Crippen molar-refractivity contribution in [3.8, 4) is 28.5 Å². The molecule has 0 fully saturated rings. The van der Waals surface area contributed by atoms with Crippen molar-refractivity contribution in [2.24, 2.45) is 7.05 Å². The molecule has 7 rings (SSSR count). The number of aryl methyl sites for hydroxylation is 2. The third-order valence-electron chi connectivity index (χ3n) is 9.86. The van der Waals surface area contributed by atoms with Crippen LogP contribution in [-0.4, -0.2) is 60.2 Å². The Morgan fingerprint density at radius 1 is 0.830 bits per heavy atom. The molecule has 0 atom stereocenters. The van der Waals surface area contributed by atoms with Crippen molar-refractivity contribution in [3.63, 3.8) is 0 Å². The van der Waals surface area contributed by atoms with Crippen LogP contribution in [0.3, 0.4) is 0 Å². The van der Waals surface area contributed by atoms with E-state index in [0.717, 1.165) is 108 Å². The predicted octanol–water partition coefficient (Wildman–Crippen LogP) is 7.64. The van der Waals surface area contributed by atoms with Crippen LogP contribution in [0.5, 0.6) is 0 Å². The van der Waals surface area contributed by atoms with Crippen molar-refractivity contribution in [2.45, 2.75) is 64.2 Å². The molecule has 0 spiro atoms. The molecule has 0 bridgehead atoms. The van der Waals surface area contributed by atoms with E-state index in [2.05, 4.69) is 43.7 Å². The number of benzene rings is 3. The van der Waals surface area contributed by atoms with Gasteiger partial charge in [0.1, 0.15) is 5.82 Å². The standard InChI is InChI=1S/C41H44N8O4/c1-48-26-42-25-37(48)35-24-31(30-12-8-9-13-33(30)45-35)39-47-34-23-28(40(51)43-20-10-6-4-2-3-5-7-11-21-44-41(52)53)14-18-36(34)49(39)29-16-17-32-27(22-29)15-19-38(50)46-32/h8-9,12-14,16-18,22-26,44H,2-7,10-11,15,19-21H2,1H3,(H,43,51)(H,46,50)(H,52,53). The molecular weight excluding hydrogens is 669 g/mol. The number of pyridine rings is 1. The first-order valence-electron chi connectivity index (χ1n) is 18.4. The summed E-state index contributed by atoms with van der Waals surface area (Å²) in [5.41, 5.74) is 8.29. The number of fused-ring (bicyclic) bond motifs is 3. The first-order valence-corrected chi connectivity index (χ1v) is 18.4. The van der Waals surface area contributed by atoms with Gasteiger partial charge in [0.05, 0.1) is 40.5 Å². The van der Waals surface area contributed by atoms with E-state index in [0.29, 0.717) is 37.0 Å². The van der Waals surface area contributed by atoms with E-state index >= 15 is 0 Å². The zero-order valence-electron chi connectivity index (χ0n) is 29.9. The fraction of sp³-hybridized carbons (Fsp3) is 0.317. The molecule has 1 aliphatic heterocycles. The van der Waals surface area contributed by atoms with Gasteiger partial charge in [-0.1, -0.05) is 56.7 Å². The number of aromatic nitrogens is 5. The third kappa shape index (κ3) is 8.06. The van der Waals surface area contributed by atoms with Gasteiger partial charge in [-0.3, -0.25) is 14.2 Å². The second kappa shape index (κ2) is 16.1. The van der Waals surface area contributed by atoms with Crippen molar-refractivity contribution in [2.75, 3.05) is 18.4 Å². The minimum absolute atomic E-state index is 0.0206. The van der Waals surface area contributed by atoms with Gasteiger partial charge >= 0.3 is 6.09 Å². The SMILES string of the molecule is Cn1cncc1-c1cc(-c2nc3cc(C(=O)NCCCCCCCCCCNC(=O)O)ccc3n2-c2ccc3c(c2)CCC(=O)N3)c2ccccc2n1. The minimum Gasteiger partial charge on any atom is -0.465 e. The van der Waals surface area contributed by atoms with Gasteiger partial charge in [0.2, 0.25) is 5.91 Å². The van der Waals surface area contributed by atoms with Crippen LogP contribution in [0.4, 0.5) is 10.5 Å².